The van der Waals surface area contributed by atoms with Crippen LogP contribution in [-0.2, 0) is 14.3 Å². The Morgan fingerprint density at radius 2 is 1.74 bits per heavy atom. The maximum Gasteiger partial charge on any atom is 0.328 e. The van der Waals surface area contributed by atoms with Crippen molar-refractivity contribution in [1.82, 2.24) is 5.32 Å². The van der Waals surface area contributed by atoms with Gasteiger partial charge in [-0.1, -0.05) is 19.1 Å². The quantitative estimate of drug-likeness (QED) is 0.819. The summed E-state index contributed by atoms with van der Waals surface area (Å²) in [6.07, 6.45) is 0. The molecule has 0 saturated carbocycles. The van der Waals surface area contributed by atoms with E-state index >= 15 is 0 Å². The van der Waals surface area contributed by atoms with Crippen LogP contribution in [0.25, 0.3) is 0 Å². The number of carbonyl (C=O) groups excluding carboxylic acids is 2. The summed E-state index contributed by atoms with van der Waals surface area (Å²) in [6, 6.07) is 6.65. The van der Waals surface area contributed by atoms with Gasteiger partial charge >= 0.3 is 5.97 Å². The first-order chi connectivity index (χ1) is 8.99. The monoisotopic (exact) mass is 265 g/mol. The molecule has 0 unspecified atom stereocenters. The summed E-state index contributed by atoms with van der Waals surface area (Å²) in [7, 11) is 2.89. The highest BCUT2D eigenvalue weighted by atomic mass is 16.5. The normalized spacial score (nSPS) is 13.3. The number of ether oxygens (including phenoxy) is 2. The third kappa shape index (κ3) is 3.98. The van der Waals surface area contributed by atoms with Crippen molar-refractivity contribution in [3.8, 4) is 5.75 Å². The van der Waals surface area contributed by atoms with Crippen LogP contribution in [0.5, 0.6) is 5.75 Å². The van der Waals surface area contributed by atoms with Crippen LogP contribution < -0.4 is 10.1 Å². The largest absolute Gasteiger partial charge is 0.497 e. The molecule has 0 fully saturated rings. The summed E-state index contributed by atoms with van der Waals surface area (Å²) in [6.45, 7) is 3.23. The summed E-state index contributed by atoms with van der Waals surface area (Å²) >= 11 is 0. The van der Waals surface area contributed by atoms with Gasteiger partial charge in [0.05, 0.1) is 14.2 Å². The molecular formula is C14H19NO4. The van der Waals surface area contributed by atoms with Crippen molar-refractivity contribution < 1.29 is 19.1 Å². The summed E-state index contributed by atoms with van der Waals surface area (Å²) < 4.78 is 9.80. The number of hydrogen-bond acceptors (Lipinski definition) is 4. The van der Waals surface area contributed by atoms with Crippen LogP contribution in [0.2, 0.25) is 0 Å². The first-order valence-electron chi connectivity index (χ1n) is 5.98. The summed E-state index contributed by atoms with van der Waals surface area (Å²) in [5.41, 5.74) is 0.921. The lowest BCUT2D eigenvalue weighted by atomic mass is 9.93. The molecule has 5 heteroatoms. The molecule has 1 rings (SSSR count). The first kappa shape index (κ1) is 15.0. The van der Waals surface area contributed by atoms with Gasteiger partial charge in [0.25, 0.3) is 0 Å². The lowest BCUT2D eigenvalue weighted by Crippen LogP contribution is -2.43. The zero-order valence-electron chi connectivity index (χ0n) is 11.6. The highest BCUT2D eigenvalue weighted by molar-refractivity contribution is 5.84. The molecule has 1 aromatic rings. The van der Waals surface area contributed by atoms with Gasteiger partial charge in [0.1, 0.15) is 11.8 Å². The smallest absolute Gasteiger partial charge is 0.328 e. The topological polar surface area (TPSA) is 64.6 Å². The molecule has 1 N–H and O–H groups in total. The van der Waals surface area contributed by atoms with E-state index in [1.807, 2.05) is 31.2 Å². The van der Waals surface area contributed by atoms with Gasteiger partial charge in [-0.15, -0.1) is 0 Å². The number of hydrogen-bond donors (Lipinski definition) is 1. The molecule has 0 spiro atoms. The number of esters is 1. The second-order valence-electron chi connectivity index (χ2n) is 4.26. The summed E-state index contributed by atoms with van der Waals surface area (Å²) in [5, 5.41) is 2.61. The van der Waals surface area contributed by atoms with Crippen molar-refractivity contribution in [3.63, 3.8) is 0 Å². The Kier molecular flexibility index (Phi) is 5.36. The minimum absolute atomic E-state index is 0.192. The van der Waals surface area contributed by atoms with E-state index in [0.717, 1.165) is 11.3 Å². The number of nitrogens with one attached hydrogen (secondary N) is 1. The molecular weight excluding hydrogens is 246 g/mol. The second-order valence-corrected chi connectivity index (χ2v) is 4.26. The third-order valence-electron chi connectivity index (χ3n) is 2.96. The summed E-state index contributed by atoms with van der Waals surface area (Å²) in [5.74, 6) is -0.179. The maximum absolute atomic E-state index is 11.7. The number of amides is 1. The van der Waals surface area contributed by atoms with E-state index in [9.17, 15) is 9.59 Å². The van der Waals surface area contributed by atoms with E-state index in [4.69, 9.17) is 9.47 Å². The third-order valence-corrected chi connectivity index (χ3v) is 2.96. The van der Waals surface area contributed by atoms with Crippen LogP contribution in [0.15, 0.2) is 24.3 Å². The van der Waals surface area contributed by atoms with Gasteiger partial charge in [0.2, 0.25) is 5.91 Å². The minimum atomic E-state index is -0.698. The van der Waals surface area contributed by atoms with Crippen molar-refractivity contribution in [2.45, 2.75) is 25.8 Å². The average Bonchev–Trinajstić information content (AvgIpc) is 2.43. The van der Waals surface area contributed by atoms with Gasteiger partial charge < -0.3 is 14.8 Å². The van der Waals surface area contributed by atoms with Crippen LogP contribution in [0.4, 0.5) is 0 Å². The molecule has 104 valence electrons. The van der Waals surface area contributed by atoms with Crippen LogP contribution >= 0.6 is 0 Å². The molecule has 0 bridgehead atoms. The Morgan fingerprint density at radius 3 is 2.16 bits per heavy atom. The molecule has 0 aliphatic rings. The molecule has 0 heterocycles. The number of benzene rings is 1. The zero-order valence-corrected chi connectivity index (χ0v) is 11.6. The van der Waals surface area contributed by atoms with Crippen LogP contribution in [0.1, 0.15) is 25.3 Å². The highest BCUT2D eigenvalue weighted by Crippen LogP contribution is 2.22. The fourth-order valence-electron chi connectivity index (χ4n) is 1.83. The average molecular weight is 265 g/mol. The van der Waals surface area contributed by atoms with E-state index in [1.165, 1.54) is 14.0 Å². The van der Waals surface area contributed by atoms with Crippen LogP contribution in [-0.4, -0.2) is 32.1 Å². The fourth-order valence-corrected chi connectivity index (χ4v) is 1.83. The van der Waals surface area contributed by atoms with Gasteiger partial charge in [-0.05, 0) is 17.7 Å². The van der Waals surface area contributed by atoms with Gasteiger partial charge in [0, 0.05) is 12.8 Å². The van der Waals surface area contributed by atoms with Crippen molar-refractivity contribution >= 4 is 11.9 Å². The van der Waals surface area contributed by atoms with Crippen molar-refractivity contribution in [3.05, 3.63) is 29.8 Å². The second kappa shape index (κ2) is 6.78. The highest BCUT2D eigenvalue weighted by Gasteiger charge is 2.27. The molecule has 0 aliphatic carbocycles. The Bertz CT molecular complexity index is 441. The van der Waals surface area contributed by atoms with E-state index in [0.29, 0.717) is 0 Å². The van der Waals surface area contributed by atoms with Crippen LogP contribution in [0.3, 0.4) is 0 Å². The fraction of sp³-hybridized carbons (Fsp3) is 0.429. The Hall–Kier alpha value is -2.04. The Balaban J connectivity index is 2.93. The van der Waals surface area contributed by atoms with Crippen LogP contribution in [0, 0.1) is 0 Å². The van der Waals surface area contributed by atoms with E-state index in [-0.39, 0.29) is 11.8 Å². The first-order valence-corrected chi connectivity index (χ1v) is 5.98. The zero-order chi connectivity index (χ0) is 14.4. The van der Waals surface area contributed by atoms with E-state index in [1.54, 1.807) is 7.11 Å². The van der Waals surface area contributed by atoms with E-state index < -0.39 is 12.0 Å². The number of rotatable bonds is 5. The molecule has 2 atom stereocenters. The maximum atomic E-state index is 11.7. The molecule has 1 aromatic carbocycles. The van der Waals surface area contributed by atoms with Gasteiger partial charge in [-0.25, -0.2) is 4.79 Å². The molecule has 0 aromatic heterocycles. The molecule has 0 aliphatic heterocycles. The molecule has 5 nitrogen and oxygen atoms in total. The lowest BCUT2D eigenvalue weighted by molar-refractivity contribution is -0.145. The van der Waals surface area contributed by atoms with Crippen molar-refractivity contribution in [2.75, 3.05) is 14.2 Å². The Morgan fingerprint density at radius 1 is 1.16 bits per heavy atom. The van der Waals surface area contributed by atoms with E-state index in [2.05, 4.69) is 5.32 Å². The Labute approximate surface area is 112 Å². The molecule has 0 radical (unpaired) electrons. The standard InChI is InChI=1S/C14H19NO4/c1-9(11-5-7-12(18-3)8-6-11)13(14(17)19-4)15-10(2)16/h5-9,13H,1-4H3,(H,15,16)/t9-,13+/m0/s1. The van der Waals surface area contributed by atoms with Gasteiger partial charge in [-0.3, -0.25) is 4.79 Å². The number of methoxy groups -OCH3 is 2. The molecule has 0 saturated heterocycles. The molecule has 19 heavy (non-hydrogen) atoms. The van der Waals surface area contributed by atoms with Crippen molar-refractivity contribution in [2.24, 2.45) is 0 Å². The predicted octanol–water partition coefficient (Wildman–Crippen LogP) is 1.48. The predicted molar refractivity (Wildman–Crippen MR) is 71.0 cm³/mol. The lowest BCUT2D eigenvalue weighted by Gasteiger charge is -2.22. The van der Waals surface area contributed by atoms with Crippen molar-refractivity contribution in [1.29, 1.82) is 0 Å². The van der Waals surface area contributed by atoms with Gasteiger partial charge in [-0.2, -0.15) is 0 Å². The van der Waals surface area contributed by atoms with Gasteiger partial charge in [0.15, 0.2) is 0 Å². The molecule has 1 amide bonds. The SMILES string of the molecule is COC(=O)[C@H](NC(C)=O)[C@@H](C)c1ccc(OC)cc1. The number of carbonyl (C=O) groups is 2. The summed E-state index contributed by atoms with van der Waals surface area (Å²) in [4.78, 5) is 22.9. The minimum Gasteiger partial charge on any atom is -0.497 e.